The standard InChI is InChI=1S/C23H19F3N2O4S/c1-12-3-7-15(8-4-12)32-16-9-5-14(6-10-16)19-13(2)18-20(30)27-22(31)28(21(18)33-19)11-17(29)23(24,25)26/h3-10,17,29H,11H2,1-2H3,(H,27,30,31)/t17-/m1/s1. The summed E-state index contributed by atoms with van der Waals surface area (Å²) < 4.78 is 45.2. The van der Waals surface area contributed by atoms with Gasteiger partial charge in [0.15, 0.2) is 6.10 Å². The Labute approximate surface area is 189 Å². The van der Waals surface area contributed by atoms with Crippen LogP contribution in [-0.2, 0) is 6.54 Å². The minimum absolute atomic E-state index is 0.0690. The van der Waals surface area contributed by atoms with Gasteiger partial charge in [-0.05, 0) is 61.4 Å². The minimum Gasteiger partial charge on any atom is -0.457 e. The summed E-state index contributed by atoms with van der Waals surface area (Å²) in [5.41, 5.74) is 0.644. The molecule has 2 aromatic carbocycles. The molecular formula is C23H19F3N2O4S. The van der Waals surface area contributed by atoms with Crippen LogP contribution < -0.4 is 16.0 Å². The van der Waals surface area contributed by atoms with Gasteiger partial charge in [-0.2, -0.15) is 13.2 Å². The first-order valence-corrected chi connectivity index (χ1v) is 10.7. The second kappa shape index (κ2) is 8.53. The number of aryl methyl sites for hydroxylation is 2. The molecule has 0 radical (unpaired) electrons. The number of halogens is 3. The van der Waals surface area contributed by atoms with Crippen LogP contribution in [-0.4, -0.2) is 26.9 Å². The predicted octanol–water partition coefficient (Wildman–Crippen LogP) is 4.75. The first kappa shape index (κ1) is 22.8. The van der Waals surface area contributed by atoms with Gasteiger partial charge in [0.05, 0.1) is 11.9 Å². The Kier molecular flexibility index (Phi) is 5.89. The van der Waals surface area contributed by atoms with Gasteiger partial charge >= 0.3 is 11.9 Å². The predicted molar refractivity (Wildman–Crippen MR) is 120 cm³/mol. The molecule has 2 N–H and O–H groups in total. The van der Waals surface area contributed by atoms with Crippen molar-refractivity contribution in [2.75, 3.05) is 0 Å². The third-order valence-corrected chi connectivity index (χ3v) is 6.54. The Bertz CT molecular complexity index is 1420. The summed E-state index contributed by atoms with van der Waals surface area (Å²) in [5, 5.41) is 9.58. The number of aromatic amines is 1. The lowest BCUT2D eigenvalue weighted by Crippen LogP contribution is -2.38. The molecular weight excluding hydrogens is 457 g/mol. The number of nitrogens with one attached hydrogen (secondary N) is 1. The number of rotatable bonds is 5. The highest BCUT2D eigenvalue weighted by atomic mass is 32.1. The van der Waals surface area contributed by atoms with E-state index in [1.165, 1.54) is 0 Å². The number of ether oxygens (including phenoxy) is 1. The van der Waals surface area contributed by atoms with E-state index in [9.17, 15) is 27.9 Å². The summed E-state index contributed by atoms with van der Waals surface area (Å²) in [7, 11) is 0. The van der Waals surface area contributed by atoms with Gasteiger partial charge in [0.25, 0.3) is 5.56 Å². The van der Waals surface area contributed by atoms with Crippen molar-refractivity contribution in [1.82, 2.24) is 9.55 Å². The molecule has 4 aromatic rings. The van der Waals surface area contributed by atoms with Gasteiger partial charge < -0.3 is 9.84 Å². The molecule has 10 heteroatoms. The van der Waals surface area contributed by atoms with Gasteiger partial charge in [-0.15, -0.1) is 11.3 Å². The van der Waals surface area contributed by atoms with E-state index >= 15 is 0 Å². The molecule has 0 aliphatic rings. The van der Waals surface area contributed by atoms with E-state index in [1.54, 1.807) is 31.2 Å². The number of thiophene rings is 1. The third kappa shape index (κ3) is 4.57. The fourth-order valence-electron chi connectivity index (χ4n) is 3.41. The van der Waals surface area contributed by atoms with Crippen LogP contribution in [0.3, 0.4) is 0 Å². The number of benzene rings is 2. The Morgan fingerprint density at radius 1 is 1.03 bits per heavy atom. The first-order chi connectivity index (χ1) is 15.5. The molecule has 4 rings (SSSR count). The molecule has 0 aliphatic heterocycles. The maximum absolute atomic E-state index is 12.9. The van der Waals surface area contributed by atoms with Crippen molar-refractivity contribution < 1.29 is 23.0 Å². The van der Waals surface area contributed by atoms with Crippen LogP contribution in [0.2, 0.25) is 0 Å². The van der Waals surface area contributed by atoms with Crippen LogP contribution in [0.25, 0.3) is 20.7 Å². The van der Waals surface area contributed by atoms with E-state index in [0.29, 0.717) is 27.5 Å². The highest BCUT2D eigenvalue weighted by Crippen LogP contribution is 2.37. The maximum atomic E-state index is 12.9. The fraction of sp³-hybridized carbons (Fsp3) is 0.217. The summed E-state index contributed by atoms with van der Waals surface area (Å²) in [6.45, 7) is 2.62. The van der Waals surface area contributed by atoms with Gasteiger partial charge in [0, 0.05) is 4.88 Å². The molecule has 1 atom stereocenters. The SMILES string of the molecule is Cc1ccc(Oc2ccc(-c3sc4c(c3C)c(=O)[nH]c(=O)n4C[C@@H](O)C(F)(F)F)cc2)cc1. The van der Waals surface area contributed by atoms with Crippen molar-refractivity contribution in [2.45, 2.75) is 32.7 Å². The van der Waals surface area contributed by atoms with Crippen LogP contribution in [0.15, 0.2) is 58.1 Å². The van der Waals surface area contributed by atoms with Crippen LogP contribution in [0.4, 0.5) is 13.2 Å². The fourth-order valence-corrected chi connectivity index (χ4v) is 4.73. The zero-order valence-electron chi connectivity index (χ0n) is 17.6. The van der Waals surface area contributed by atoms with Crippen molar-refractivity contribution in [3.05, 3.63) is 80.5 Å². The molecule has 0 unspecified atom stereocenters. The topological polar surface area (TPSA) is 84.3 Å². The van der Waals surface area contributed by atoms with E-state index in [0.717, 1.165) is 21.5 Å². The average Bonchev–Trinajstić information content (AvgIpc) is 3.10. The molecule has 0 amide bonds. The summed E-state index contributed by atoms with van der Waals surface area (Å²) in [6, 6.07) is 14.6. The summed E-state index contributed by atoms with van der Waals surface area (Å²) in [6.07, 6.45) is -7.64. The Morgan fingerprint density at radius 3 is 2.18 bits per heavy atom. The number of alkyl halides is 3. The largest absolute Gasteiger partial charge is 0.457 e. The van der Waals surface area contributed by atoms with Crippen LogP contribution in [0.5, 0.6) is 11.5 Å². The van der Waals surface area contributed by atoms with Gasteiger partial charge in [-0.3, -0.25) is 14.3 Å². The number of fused-ring (bicyclic) bond motifs is 1. The summed E-state index contributed by atoms with van der Waals surface area (Å²) in [5.74, 6) is 1.26. The number of nitrogens with zero attached hydrogens (tertiary/aromatic N) is 1. The number of H-pyrrole nitrogens is 1. The van der Waals surface area contributed by atoms with E-state index in [2.05, 4.69) is 0 Å². The van der Waals surface area contributed by atoms with Gasteiger partial charge in [-0.1, -0.05) is 17.7 Å². The molecule has 0 saturated carbocycles. The molecule has 2 heterocycles. The first-order valence-electron chi connectivity index (χ1n) is 9.90. The Balaban J connectivity index is 1.72. The van der Waals surface area contributed by atoms with E-state index in [1.807, 2.05) is 36.2 Å². The van der Waals surface area contributed by atoms with Crippen LogP contribution in [0.1, 0.15) is 11.1 Å². The highest BCUT2D eigenvalue weighted by molar-refractivity contribution is 7.22. The molecule has 2 aromatic heterocycles. The van der Waals surface area contributed by atoms with E-state index in [4.69, 9.17) is 4.74 Å². The van der Waals surface area contributed by atoms with Crippen molar-refractivity contribution in [1.29, 1.82) is 0 Å². The van der Waals surface area contributed by atoms with Crippen LogP contribution in [0, 0.1) is 13.8 Å². The number of hydrogen-bond donors (Lipinski definition) is 2. The maximum Gasteiger partial charge on any atom is 0.416 e. The highest BCUT2D eigenvalue weighted by Gasteiger charge is 2.39. The summed E-state index contributed by atoms with van der Waals surface area (Å²) in [4.78, 5) is 27.4. The average molecular weight is 476 g/mol. The molecule has 6 nitrogen and oxygen atoms in total. The van der Waals surface area contributed by atoms with Crippen molar-refractivity contribution >= 4 is 21.6 Å². The third-order valence-electron chi connectivity index (χ3n) is 5.17. The van der Waals surface area contributed by atoms with E-state index in [-0.39, 0.29) is 10.2 Å². The molecule has 0 saturated heterocycles. The lowest BCUT2D eigenvalue weighted by molar-refractivity contribution is -0.207. The van der Waals surface area contributed by atoms with Gasteiger partial charge in [0.2, 0.25) is 0 Å². The second-order valence-corrected chi connectivity index (χ2v) is 8.60. The smallest absolute Gasteiger partial charge is 0.416 e. The number of hydrogen-bond acceptors (Lipinski definition) is 5. The molecule has 0 fully saturated rings. The normalized spacial score (nSPS) is 12.8. The second-order valence-electron chi connectivity index (χ2n) is 7.60. The molecule has 33 heavy (non-hydrogen) atoms. The summed E-state index contributed by atoms with van der Waals surface area (Å²) >= 11 is 1.02. The van der Waals surface area contributed by atoms with E-state index < -0.39 is 30.1 Å². The molecule has 0 bridgehead atoms. The zero-order valence-corrected chi connectivity index (χ0v) is 18.4. The molecule has 172 valence electrons. The molecule has 0 spiro atoms. The number of aliphatic hydroxyl groups is 1. The van der Waals surface area contributed by atoms with Crippen molar-refractivity contribution in [3.8, 4) is 21.9 Å². The van der Waals surface area contributed by atoms with Gasteiger partial charge in [-0.25, -0.2) is 4.79 Å². The Hall–Kier alpha value is -3.37. The van der Waals surface area contributed by atoms with Gasteiger partial charge in [0.1, 0.15) is 16.3 Å². The number of aliphatic hydroxyl groups excluding tert-OH is 1. The minimum atomic E-state index is -4.90. The quantitative estimate of drug-likeness (QED) is 0.435. The molecule has 0 aliphatic carbocycles. The van der Waals surface area contributed by atoms with Crippen molar-refractivity contribution in [3.63, 3.8) is 0 Å². The van der Waals surface area contributed by atoms with Crippen molar-refractivity contribution in [2.24, 2.45) is 0 Å². The lowest BCUT2D eigenvalue weighted by Gasteiger charge is -2.15. The zero-order chi connectivity index (χ0) is 23.9. The monoisotopic (exact) mass is 476 g/mol. The lowest BCUT2D eigenvalue weighted by atomic mass is 10.1. The number of aromatic nitrogens is 2. The van der Waals surface area contributed by atoms with Crippen LogP contribution >= 0.6 is 11.3 Å². The Morgan fingerprint density at radius 2 is 1.61 bits per heavy atom.